The van der Waals surface area contributed by atoms with Crippen LogP contribution in [0.1, 0.15) is 24.2 Å². The van der Waals surface area contributed by atoms with Gasteiger partial charge in [-0.2, -0.15) is 0 Å². The van der Waals surface area contributed by atoms with E-state index < -0.39 is 12.0 Å². The van der Waals surface area contributed by atoms with Gasteiger partial charge in [0.25, 0.3) is 0 Å². The van der Waals surface area contributed by atoms with E-state index in [0.717, 1.165) is 24.1 Å². The van der Waals surface area contributed by atoms with Crippen molar-refractivity contribution in [1.82, 2.24) is 10.5 Å². The third-order valence-corrected chi connectivity index (χ3v) is 3.76. The Bertz CT molecular complexity index is 629. The molecular weight excluding hydrogens is 268 g/mol. The number of aliphatic carboxylic acids is 1. The lowest BCUT2D eigenvalue weighted by Crippen LogP contribution is -2.37. The van der Waals surface area contributed by atoms with Crippen LogP contribution in [0.2, 0.25) is 0 Å². The zero-order chi connectivity index (χ0) is 14.8. The maximum atomic E-state index is 11.2. The molecule has 1 aromatic heterocycles. The smallest absolute Gasteiger partial charge is 0.320 e. The Morgan fingerprint density at radius 1 is 1.43 bits per heavy atom. The maximum absolute atomic E-state index is 11.2. The fourth-order valence-corrected chi connectivity index (χ4v) is 2.35. The summed E-state index contributed by atoms with van der Waals surface area (Å²) in [5.41, 5.74) is 2.95. The average molecular weight is 286 g/mol. The van der Waals surface area contributed by atoms with Crippen LogP contribution in [-0.2, 0) is 11.3 Å². The van der Waals surface area contributed by atoms with E-state index in [2.05, 4.69) is 10.5 Å². The summed E-state index contributed by atoms with van der Waals surface area (Å²) < 4.78 is 5.27. The molecule has 2 N–H and O–H groups in total. The number of hydrogen-bond acceptors (Lipinski definition) is 4. The first-order valence-electron chi connectivity index (χ1n) is 7.12. The Balaban J connectivity index is 1.64. The molecule has 1 atom stereocenters. The minimum atomic E-state index is -0.796. The van der Waals surface area contributed by atoms with Gasteiger partial charge in [-0.05, 0) is 25.7 Å². The van der Waals surface area contributed by atoms with Gasteiger partial charge in [0.1, 0.15) is 11.7 Å². The number of nitrogens with one attached hydrogen (secondary N) is 1. The van der Waals surface area contributed by atoms with Gasteiger partial charge >= 0.3 is 5.97 Å². The molecule has 1 aromatic carbocycles. The first-order chi connectivity index (χ1) is 10.1. The summed E-state index contributed by atoms with van der Waals surface area (Å²) in [6.45, 7) is 2.41. The molecule has 0 saturated heterocycles. The van der Waals surface area contributed by atoms with Crippen LogP contribution in [0.25, 0.3) is 11.3 Å². The number of carbonyl (C=O) groups is 1. The second-order valence-corrected chi connectivity index (χ2v) is 5.58. The molecule has 5 nitrogen and oxygen atoms in total. The maximum Gasteiger partial charge on any atom is 0.320 e. The molecular formula is C16H18N2O3. The normalized spacial score (nSPS) is 15.9. The van der Waals surface area contributed by atoms with Crippen LogP contribution in [-0.4, -0.2) is 22.3 Å². The predicted octanol–water partition coefficient (Wildman–Crippen LogP) is 2.60. The predicted molar refractivity (Wildman–Crippen MR) is 77.7 cm³/mol. The van der Waals surface area contributed by atoms with E-state index >= 15 is 0 Å². The molecule has 0 radical (unpaired) electrons. The van der Waals surface area contributed by atoms with E-state index in [-0.39, 0.29) is 5.92 Å². The number of aromatic nitrogens is 1. The van der Waals surface area contributed by atoms with E-state index in [4.69, 9.17) is 9.63 Å². The average Bonchev–Trinajstić information content (AvgIpc) is 3.18. The SMILES string of the molecule is Cc1ccc(-c2cc(CNC(C(=O)O)C3CC3)on2)cc1. The highest BCUT2D eigenvalue weighted by Crippen LogP contribution is 2.33. The topological polar surface area (TPSA) is 75.4 Å². The highest BCUT2D eigenvalue weighted by Gasteiger charge is 2.35. The van der Waals surface area contributed by atoms with Gasteiger partial charge in [-0.1, -0.05) is 35.0 Å². The van der Waals surface area contributed by atoms with Crippen molar-refractivity contribution in [3.05, 3.63) is 41.7 Å². The minimum absolute atomic E-state index is 0.252. The molecule has 1 fully saturated rings. The lowest BCUT2D eigenvalue weighted by Gasteiger charge is -2.11. The van der Waals surface area contributed by atoms with Gasteiger partial charge in [0.15, 0.2) is 5.76 Å². The molecule has 1 aliphatic carbocycles. The molecule has 0 aliphatic heterocycles. The van der Waals surface area contributed by atoms with Crippen LogP contribution in [0.15, 0.2) is 34.9 Å². The molecule has 1 aliphatic rings. The Hall–Kier alpha value is -2.14. The third-order valence-electron chi connectivity index (χ3n) is 3.76. The van der Waals surface area contributed by atoms with Crippen molar-refractivity contribution in [2.75, 3.05) is 0 Å². The molecule has 21 heavy (non-hydrogen) atoms. The van der Waals surface area contributed by atoms with Crippen LogP contribution in [0.5, 0.6) is 0 Å². The molecule has 0 spiro atoms. The highest BCUT2D eigenvalue weighted by molar-refractivity contribution is 5.74. The van der Waals surface area contributed by atoms with E-state index in [9.17, 15) is 4.79 Å². The standard InChI is InChI=1S/C16H18N2O3/c1-10-2-4-11(5-3-10)14-8-13(21-18-14)9-17-15(16(19)20)12-6-7-12/h2-5,8,12,15,17H,6-7,9H2,1H3,(H,19,20). The largest absolute Gasteiger partial charge is 0.480 e. The Kier molecular flexibility index (Phi) is 3.75. The van der Waals surface area contributed by atoms with Crippen molar-refractivity contribution < 1.29 is 14.4 Å². The summed E-state index contributed by atoms with van der Waals surface area (Å²) in [6.07, 6.45) is 1.96. The second-order valence-electron chi connectivity index (χ2n) is 5.58. The summed E-state index contributed by atoms with van der Waals surface area (Å²) in [4.78, 5) is 11.2. The van der Waals surface area contributed by atoms with E-state index in [1.165, 1.54) is 5.56 Å². The Morgan fingerprint density at radius 3 is 2.76 bits per heavy atom. The summed E-state index contributed by atoms with van der Waals surface area (Å²) in [5.74, 6) is 0.107. The van der Waals surface area contributed by atoms with Crippen LogP contribution < -0.4 is 5.32 Å². The zero-order valence-electron chi connectivity index (χ0n) is 11.9. The Labute approximate surface area is 123 Å². The number of aryl methyl sites for hydroxylation is 1. The number of carboxylic acid groups (broad SMARTS) is 1. The monoisotopic (exact) mass is 286 g/mol. The van der Waals surface area contributed by atoms with Gasteiger partial charge in [0.05, 0.1) is 6.54 Å². The Morgan fingerprint density at radius 2 is 2.14 bits per heavy atom. The fraction of sp³-hybridized carbons (Fsp3) is 0.375. The van der Waals surface area contributed by atoms with Gasteiger partial charge in [0, 0.05) is 11.6 Å². The first-order valence-corrected chi connectivity index (χ1v) is 7.12. The molecule has 1 heterocycles. The minimum Gasteiger partial charge on any atom is -0.480 e. The summed E-state index contributed by atoms with van der Waals surface area (Å²) >= 11 is 0. The molecule has 2 aromatic rings. The van der Waals surface area contributed by atoms with Gasteiger partial charge in [0.2, 0.25) is 0 Å². The third kappa shape index (κ3) is 3.31. The van der Waals surface area contributed by atoms with E-state index in [0.29, 0.717) is 12.3 Å². The number of carboxylic acids is 1. The zero-order valence-corrected chi connectivity index (χ0v) is 11.9. The van der Waals surface area contributed by atoms with Crippen molar-refractivity contribution in [2.45, 2.75) is 32.4 Å². The lowest BCUT2D eigenvalue weighted by atomic mass is 10.1. The second kappa shape index (κ2) is 5.69. The quantitative estimate of drug-likeness (QED) is 0.853. The van der Waals surface area contributed by atoms with Crippen molar-refractivity contribution in [2.24, 2.45) is 5.92 Å². The van der Waals surface area contributed by atoms with Gasteiger partial charge in [-0.3, -0.25) is 10.1 Å². The number of rotatable bonds is 6. The van der Waals surface area contributed by atoms with Crippen molar-refractivity contribution in [3.8, 4) is 11.3 Å². The lowest BCUT2D eigenvalue weighted by molar-refractivity contribution is -0.140. The summed E-state index contributed by atoms with van der Waals surface area (Å²) in [7, 11) is 0. The van der Waals surface area contributed by atoms with E-state index in [1.807, 2.05) is 37.3 Å². The molecule has 0 amide bonds. The van der Waals surface area contributed by atoms with Crippen molar-refractivity contribution in [1.29, 1.82) is 0 Å². The number of nitrogens with zero attached hydrogens (tertiary/aromatic N) is 1. The van der Waals surface area contributed by atoms with Gasteiger partial charge in [-0.25, -0.2) is 0 Å². The van der Waals surface area contributed by atoms with Crippen LogP contribution in [0, 0.1) is 12.8 Å². The van der Waals surface area contributed by atoms with Crippen molar-refractivity contribution in [3.63, 3.8) is 0 Å². The molecule has 3 rings (SSSR count). The van der Waals surface area contributed by atoms with Gasteiger partial charge < -0.3 is 9.63 Å². The van der Waals surface area contributed by atoms with Crippen LogP contribution >= 0.6 is 0 Å². The fourth-order valence-electron chi connectivity index (χ4n) is 2.35. The molecule has 110 valence electrons. The first kappa shape index (κ1) is 13.8. The van der Waals surface area contributed by atoms with E-state index in [1.54, 1.807) is 0 Å². The summed E-state index contributed by atoms with van der Waals surface area (Å²) in [6, 6.07) is 9.40. The summed E-state index contributed by atoms with van der Waals surface area (Å²) in [5, 5.41) is 16.2. The molecule has 0 bridgehead atoms. The number of benzene rings is 1. The molecule has 5 heteroatoms. The molecule has 1 unspecified atom stereocenters. The number of hydrogen-bond donors (Lipinski definition) is 2. The van der Waals surface area contributed by atoms with Crippen LogP contribution in [0.4, 0.5) is 0 Å². The highest BCUT2D eigenvalue weighted by atomic mass is 16.5. The molecule has 1 saturated carbocycles. The van der Waals surface area contributed by atoms with Crippen molar-refractivity contribution >= 4 is 5.97 Å². The van der Waals surface area contributed by atoms with Crippen LogP contribution in [0.3, 0.4) is 0 Å². The van der Waals surface area contributed by atoms with Gasteiger partial charge in [-0.15, -0.1) is 0 Å².